The third kappa shape index (κ3) is 2.97. The minimum absolute atomic E-state index is 0.264. The van der Waals surface area contributed by atoms with Crippen molar-refractivity contribution in [1.29, 1.82) is 0 Å². The van der Waals surface area contributed by atoms with Gasteiger partial charge in [-0.15, -0.1) is 11.3 Å². The maximum absolute atomic E-state index is 13.8. The molecule has 106 valence electrons. The molecule has 1 unspecified atom stereocenters. The fourth-order valence-electron chi connectivity index (χ4n) is 2.67. The predicted molar refractivity (Wildman–Crippen MR) is 83.7 cm³/mol. The van der Waals surface area contributed by atoms with Crippen LogP contribution in [0.15, 0.2) is 28.7 Å². The van der Waals surface area contributed by atoms with Crippen LogP contribution in [0.3, 0.4) is 0 Å². The monoisotopic (exact) mass is 354 g/mol. The highest BCUT2D eigenvalue weighted by atomic mass is 79.9. The molecule has 3 rings (SSSR count). The van der Waals surface area contributed by atoms with Gasteiger partial charge in [0.2, 0.25) is 0 Å². The van der Waals surface area contributed by atoms with Crippen molar-refractivity contribution >= 4 is 27.3 Å². The summed E-state index contributed by atoms with van der Waals surface area (Å²) >= 11 is 4.94. The average molecular weight is 355 g/mol. The first kappa shape index (κ1) is 14.2. The fourth-order valence-corrected chi connectivity index (χ4v) is 4.25. The largest absolute Gasteiger partial charge is 0.387 e. The normalized spacial score (nSPS) is 15.9. The van der Waals surface area contributed by atoms with Crippen molar-refractivity contribution in [1.82, 2.24) is 0 Å². The molecule has 2 aromatic rings. The van der Waals surface area contributed by atoms with Crippen LogP contribution < -0.4 is 0 Å². The molecule has 0 saturated heterocycles. The molecule has 0 radical (unpaired) electrons. The van der Waals surface area contributed by atoms with E-state index in [0.29, 0.717) is 12.0 Å². The Kier molecular flexibility index (Phi) is 4.24. The molecule has 1 nitrogen and oxygen atoms in total. The third-order valence-corrected chi connectivity index (χ3v) is 5.60. The standard InChI is InChI=1S/C16H16BrFOS/c17-12-6-5-10(13(18)9-12)7-14(19)16-8-11-3-1-2-4-15(11)20-16/h5-6,8-9,14,19H,1-4,7H2. The van der Waals surface area contributed by atoms with Crippen molar-refractivity contribution < 1.29 is 9.50 Å². The number of aliphatic hydroxyl groups excluding tert-OH is 1. The number of fused-ring (bicyclic) bond motifs is 1. The number of hydrogen-bond acceptors (Lipinski definition) is 2. The average Bonchev–Trinajstić information content (AvgIpc) is 2.86. The molecular weight excluding hydrogens is 339 g/mol. The molecule has 1 aromatic heterocycles. The topological polar surface area (TPSA) is 20.2 Å². The van der Waals surface area contributed by atoms with Gasteiger partial charge in [0.05, 0.1) is 6.10 Å². The molecule has 0 amide bonds. The predicted octanol–water partition coefficient (Wildman–Crippen LogP) is 4.80. The summed E-state index contributed by atoms with van der Waals surface area (Å²) in [5.74, 6) is -0.264. The van der Waals surface area contributed by atoms with Gasteiger partial charge in [-0.1, -0.05) is 22.0 Å². The van der Waals surface area contributed by atoms with E-state index in [1.54, 1.807) is 17.4 Å². The zero-order valence-electron chi connectivity index (χ0n) is 11.0. The van der Waals surface area contributed by atoms with Crippen molar-refractivity contribution in [2.45, 2.75) is 38.2 Å². The molecule has 1 atom stereocenters. The summed E-state index contributed by atoms with van der Waals surface area (Å²) < 4.78 is 14.5. The van der Waals surface area contributed by atoms with Crippen LogP contribution in [0.4, 0.5) is 4.39 Å². The van der Waals surface area contributed by atoms with Crippen LogP contribution >= 0.6 is 27.3 Å². The fraction of sp³-hybridized carbons (Fsp3) is 0.375. The lowest BCUT2D eigenvalue weighted by Gasteiger charge is -2.09. The number of aliphatic hydroxyl groups is 1. The Balaban J connectivity index is 1.78. The summed E-state index contributed by atoms with van der Waals surface area (Å²) in [6.45, 7) is 0. The van der Waals surface area contributed by atoms with Gasteiger partial charge >= 0.3 is 0 Å². The molecule has 20 heavy (non-hydrogen) atoms. The van der Waals surface area contributed by atoms with Crippen molar-refractivity contribution in [3.05, 3.63) is 55.4 Å². The van der Waals surface area contributed by atoms with Crippen LogP contribution in [0, 0.1) is 5.82 Å². The van der Waals surface area contributed by atoms with Gasteiger partial charge in [0.1, 0.15) is 5.82 Å². The molecule has 0 spiro atoms. The van der Waals surface area contributed by atoms with Crippen LogP contribution in [0.2, 0.25) is 0 Å². The molecule has 1 aromatic carbocycles. The second-order valence-electron chi connectivity index (χ2n) is 5.26. The SMILES string of the molecule is OC(Cc1ccc(Br)cc1F)c1cc2c(s1)CCCC2. The molecule has 1 aliphatic carbocycles. The van der Waals surface area contributed by atoms with E-state index in [0.717, 1.165) is 22.2 Å². The Morgan fingerprint density at radius 3 is 2.80 bits per heavy atom. The Hall–Kier alpha value is -0.710. The van der Waals surface area contributed by atoms with Gasteiger partial charge in [-0.3, -0.25) is 0 Å². The second kappa shape index (κ2) is 5.96. The van der Waals surface area contributed by atoms with E-state index in [2.05, 4.69) is 22.0 Å². The van der Waals surface area contributed by atoms with Gasteiger partial charge in [-0.25, -0.2) is 4.39 Å². The minimum atomic E-state index is -0.610. The van der Waals surface area contributed by atoms with Gasteiger partial charge in [0.15, 0.2) is 0 Å². The quantitative estimate of drug-likeness (QED) is 0.838. The zero-order chi connectivity index (χ0) is 14.1. The zero-order valence-corrected chi connectivity index (χ0v) is 13.4. The van der Waals surface area contributed by atoms with E-state index in [1.165, 1.54) is 29.3 Å². The molecular formula is C16H16BrFOS. The van der Waals surface area contributed by atoms with Crippen LogP contribution in [-0.2, 0) is 19.3 Å². The highest BCUT2D eigenvalue weighted by molar-refractivity contribution is 9.10. The first-order valence-corrected chi connectivity index (χ1v) is 8.48. The summed E-state index contributed by atoms with van der Waals surface area (Å²) in [4.78, 5) is 2.38. The van der Waals surface area contributed by atoms with Crippen molar-refractivity contribution in [3.8, 4) is 0 Å². The summed E-state index contributed by atoms with van der Waals surface area (Å²) in [6.07, 6.45) is 4.44. The summed E-state index contributed by atoms with van der Waals surface area (Å²) in [6, 6.07) is 7.10. The Morgan fingerprint density at radius 2 is 2.05 bits per heavy atom. The molecule has 0 fully saturated rings. The highest BCUT2D eigenvalue weighted by Crippen LogP contribution is 2.34. The lowest BCUT2D eigenvalue weighted by Crippen LogP contribution is -2.01. The van der Waals surface area contributed by atoms with E-state index >= 15 is 0 Å². The first-order chi connectivity index (χ1) is 9.63. The molecule has 0 aliphatic heterocycles. The number of aryl methyl sites for hydroxylation is 2. The summed E-state index contributed by atoms with van der Waals surface area (Å²) in [5.41, 5.74) is 1.94. The molecule has 4 heteroatoms. The highest BCUT2D eigenvalue weighted by Gasteiger charge is 2.19. The Morgan fingerprint density at radius 1 is 1.25 bits per heavy atom. The number of halogens is 2. The molecule has 1 heterocycles. The molecule has 1 N–H and O–H groups in total. The smallest absolute Gasteiger partial charge is 0.127 e. The van der Waals surface area contributed by atoms with Crippen LogP contribution in [-0.4, -0.2) is 5.11 Å². The van der Waals surface area contributed by atoms with Crippen LogP contribution in [0.25, 0.3) is 0 Å². The van der Waals surface area contributed by atoms with Crippen molar-refractivity contribution in [2.75, 3.05) is 0 Å². The van der Waals surface area contributed by atoms with Gasteiger partial charge < -0.3 is 5.11 Å². The van der Waals surface area contributed by atoms with E-state index in [4.69, 9.17) is 0 Å². The van der Waals surface area contributed by atoms with Gasteiger partial charge in [-0.05, 0) is 55.0 Å². The maximum Gasteiger partial charge on any atom is 0.127 e. The number of benzene rings is 1. The minimum Gasteiger partial charge on any atom is -0.387 e. The lowest BCUT2D eigenvalue weighted by atomic mass is 9.98. The lowest BCUT2D eigenvalue weighted by molar-refractivity contribution is 0.181. The molecule has 0 saturated carbocycles. The van der Waals surface area contributed by atoms with Gasteiger partial charge in [0, 0.05) is 20.6 Å². The first-order valence-electron chi connectivity index (χ1n) is 6.87. The number of hydrogen-bond donors (Lipinski definition) is 1. The summed E-state index contributed by atoms with van der Waals surface area (Å²) in [5, 5.41) is 10.3. The van der Waals surface area contributed by atoms with E-state index < -0.39 is 6.10 Å². The van der Waals surface area contributed by atoms with Crippen LogP contribution in [0.1, 0.15) is 39.8 Å². The number of thiophene rings is 1. The number of rotatable bonds is 3. The van der Waals surface area contributed by atoms with E-state index in [-0.39, 0.29) is 5.82 Å². The molecule has 1 aliphatic rings. The molecule has 0 bridgehead atoms. The Labute approximate surface area is 130 Å². The van der Waals surface area contributed by atoms with Gasteiger partial charge in [-0.2, -0.15) is 0 Å². The maximum atomic E-state index is 13.8. The van der Waals surface area contributed by atoms with E-state index in [9.17, 15) is 9.50 Å². The van der Waals surface area contributed by atoms with Crippen molar-refractivity contribution in [2.24, 2.45) is 0 Å². The van der Waals surface area contributed by atoms with Crippen molar-refractivity contribution in [3.63, 3.8) is 0 Å². The van der Waals surface area contributed by atoms with Gasteiger partial charge in [0.25, 0.3) is 0 Å². The second-order valence-corrected chi connectivity index (χ2v) is 7.34. The summed E-state index contributed by atoms with van der Waals surface area (Å²) in [7, 11) is 0. The third-order valence-electron chi connectivity index (χ3n) is 3.77. The van der Waals surface area contributed by atoms with Crippen LogP contribution in [0.5, 0.6) is 0 Å². The van der Waals surface area contributed by atoms with E-state index in [1.807, 2.05) is 6.07 Å². The Bertz CT molecular complexity index is 599.